The van der Waals surface area contributed by atoms with Crippen LogP contribution in [0, 0.1) is 0 Å². The molecule has 8 nitrogen and oxygen atoms in total. The Hall–Kier alpha value is -2.32. The highest BCUT2D eigenvalue weighted by Gasteiger charge is 2.24. The number of phosphoric ester groups is 1. The first kappa shape index (κ1) is 85.7. The van der Waals surface area contributed by atoms with E-state index in [1.165, 1.54) is 250 Å². The molecule has 9 heteroatoms. The number of rotatable bonds is 70. The van der Waals surface area contributed by atoms with E-state index in [-0.39, 0.29) is 19.1 Å². The van der Waals surface area contributed by atoms with Gasteiger partial charge in [-0.3, -0.25) is 9.36 Å². The maximum absolute atomic E-state index is 13.1. The second-order valence-electron chi connectivity index (χ2n) is 27.0. The predicted molar refractivity (Wildman–Crippen MR) is 385 cm³/mol. The highest BCUT2D eigenvalue weighted by molar-refractivity contribution is 7.45. The molecule has 3 atom stereocenters. The molecule has 0 fully saturated rings. The second kappa shape index (κ2) is 69.0. The highest BCUT2D eigenvalue weighted by atomic mass is 31.2. The first-order valence-electron chi connectivity index (χ1n) is 37.9. The molecule has 514 valence electrons. The van der Waals surface area contributed by atoms with E-state index in [4.69, 9.17) is 9.05 Å². The Labute approximate surface area is 547 Å². The number of hydrogen-bond acceptors (Lipinski definition) is 6. The number of hydrogen-bond donors (Lipinski definition) is 2. The summed E-state index contributed by atoms with van der Waals surface area (Å²) < 4.78 is 23.6. The highest BCUT2D eigenvalue weighted by Crippen LogP contribution is 2.38. The van der Waals surface area contributed by atoms with Crippen LogP contribution in [0.4, 0.5) is 0 Å². The van der Waals surface area contributed by atoms with Gasteiger partial charge < -0.3 is 28.8 Å². The van der Waals surface area contributed by atoms with Crippen molar-refractivity contribution < 1.29 is 32.9 Å². The number of carbonyl (C=O) groups is 1. The van der Waals surface area contributed by atoms with Crippen molar-refractivity contribution in [1.82, 2.24) is 5.32 Å². The molecule has 0 saturated heterocycles. The fraction of sp³-hybridized carbons (Fsp3) is 0.810. The molecule has 0 spiro atoms. The van der Waals surface area contributed by atoms with E-state index in [1.807, 2.05) is 21.1 Å². The molecular formula is C79H147N2O6P. The first-order valence-corrected chi connectivity index (χ1v) is 39.4. The zero-order valence-corrected chi connectivity index (χ0v) is 59.8. The average molecular weight is 1250 g/mol. The van der Waals surface area contributed by atoms with Gasteiger partial charge in [-0.1, -0.05) is 369 Å². The van der Waals surface area contributed by atoms with Gasteiger partial charge in [0, 0.05) is 6.42 Å². The number of nitrogens with one attached hydrogen (secondary N) is 1. The van der Waals surface area contributed by atoms with Crippen molar-refractivity contribution in [3.05, 3.63) is 85.1 Å². The van der Waals surface area contributed by atoms with Crippen molar-refractivity contribution in [2.24, 2.45) is 0 Å². The van der Waals surface area contributed by atoms with E-state index in [1.54, 1.807) is 0 Å². The van der Waals surface area contributed by atoms with Crippen LogP contribution in [0.5, 0.6) is 0 Å². The smallest absolute Gasteiger partial charge is 0.268 e. The van der Waals surface area contributed by atoms with Crippen LogP contribution in [-0.4, -0.2) is 68.5 Å². The summed E-state index contributed by atoms with van der Waals surface area (Å²) >= 11 is 0. The topological polar surface area (TPSA) is 108 Å². The summed E-state index contributed by atoms with van der Waals surface area (Å²) in [4.78, 5) is 25.7. The molecule has 0 aromatic rings. The van der Waals surface area contributed by atoms with Gasteiger partial charge in [-0.15, -0.1) is 0 Å². The number of nitrogens with zero attached hydrogens (tertiary/aromatic N) is 1. The summed E-state index contributed by atoms with van der Waals surface area (Å²) in [7, 11) is 1.32. The fourth-order valence-electron chi connectivity index (χ4n) is 11.3. The van der Waals surface area contributed by atoms with Crippen molar-refractivity contribution >= 4 is 13.7 Å². The summed E-state index contributed by atoms with van der Waals surface area (Å²) in [6.07, 6.45) is 98.2. The molecule has 0 heterocycles. The molecular weight excluding hydrogens is 1100 g/mol. The standard InChI is InChI=1S/C79H147N2O6P/c1-6-8-10-12-14-16-18-20-22-24-26-28-30-32-34-35-36-37-38-39-40-41-42-43-44-45-47-49-51-53-55-57-59-61-63-65-67-69-71-73-79(83)80-77(76-87-88(84,85)86-75-74-81(3,4)5)78(82)72-70-68-66-64-62-60-58-56-54-52-50-48-46-33-31-29-27-25-23-21-19-17-15-13-11-9-7-2/h8,10,14,16,20,22,26,28,32,34,36-37,39-40,77-78,82H,6-7,9,11-13,15,17-19,21,23-25,27,29-31,33,35,38,41-76H2,1-5H3,(H-,80,83,84,85)/b10-8-,16-14-,22-20-,28-26-,34-32-,37-36-,40-39-. The van der Waals surface area contributed by atoms with Crippen LogP contribution in [0.3, 0.4) is 0 Å². The monoisotopic (exact) mass is 1250 g/mol. The average Bonchev–Trinajstić information content (AvgIpc) is 3.70. The maximum atomic E-state index is 13.1. The number of amides is 1. The van der Waals surface area contributed by atoms with Crippen LogP contribution in [0.1, 0.15) is 361 Å². The molecule has 0 aliphatic carbocycles. The SMILES string of the molecule is CC/C=C\C/C=C\C/C=C\C/C=C\C/C=C\C/C=C\C/C=C\CCCCCCCCCCCCCCCCCCCC(=O)NC(COP(=O)([O-])OCC[N+](C)(C)C)C(O)CCCCCCCCCCCCCCCCCCCCCCCCCCCCC. The zero-order valence-electron chi connectivity index (χ0n) is 58.9. The minimum absolute atomic E-state index is 0.0117. The molecule has 0 aliphatic heterocycles. The molecule has 0 aromatic carbocycles. The van der Waals surface area contributed by atoms with Crippen molar-refractivity contribution in [2.45, 2.75) is 373 Å². The van der Waals surface area contributed by atoms with Crippen molar-refractivity contribution in [2.75, 3.05) is 40.9 Å². The first-order chi connectivity index (χ1) is 43.0. The molecule has 0 saturated carbocycles. The van der Waals surface area contributed by atoms with E-state index >= 15 is 0 Å². The van der Waals surface area contributed by atoms with Crippen LogP contribution in [-0.2, 0) is 18.4 Å². The maximum Gasteiger partial charge on any atom is 0.268 e. The quantitative estimate of drug-likeness (QED) is 0.0272. The fourth-order valence-corrected chi connectivity index (χ4v) is 12.0. The Bertz CT molecular complexity index is 1710. The summed E-state index contributed by atoms with van der Waals surface area (Å²) in [5.74, 6) is -0.160. The van der Waals surface area contributed by atoms with E-state index in [0.717, 1.165) is 83.5 Å². The Kier molecular flexibility index (Phi) is 67.2. The van der Waals surface area contributed by atoms with Crippen LogP contribution in [0.15, 0.2) is 85.1 Å². The summed E-state index contributed by atoms with van der Waals surface area (Å²) in [5.41, 5.74) is 0. The van der Waals surface area contributed by atoms with Gasteiger partial charge in [0.1, 0.15) is 13.2 Å². The number of quaternary nitrogens is 1. The zero-order chi connectivity index (χ0) is 64.1. The van der Waals surface area contributed by atoms with Gasteiger partial charge in [-0.25, -0.2) is 0 Å². The Morgan fingerprint density at radius 1 is 0.409 bits per heavy atom. The number of likely N-dealkylation sites (N-methyl/N-ethyl adjacent to an activating group) is 1. The van der Waals surface area contributed by atoms with Gasteiger partial charge in [-0.2, -0.15) is 0 Å². The van der Waals surface area contributed by atoms with Gasteiger partial charge >= 0.3 is 0 Å². The lowest BCUT2D eigenvalue weighted by molar-refractivity contribution is -0.870. The minimum Gasteiger partial charge on any atom is -0.756 e. The summed E-state index contributed by atoms with van der Waals surface area (Å²) in [5, 5.41) is 14.1. The lowest BCUT2D eigenvalue weighted by atomic mass is 10.0. The number of unbranched alkanes of at least 4 members (excludes halogenated alkanes) is 43. The Morgan fingerprint density at radius 3 is 1.01 bits per heavy atom. The lowest BCUT2D eigenvalue weighted by Crippen LogP contribution is -2.46. The number of phosphoric acid groups is 1. The molecule has 3 unspecified atom stereocenters. The second-order valence-corrected chi connectivity index (χ2v) is 28.4. The van der Waals surface area contributed by atoms with Gasteiger partial charge in [0.05, 0.1) is 39.9 Å². The molecule has 0 aromatic heterocycles. The summed E-state index contributed by atoms with van der Waals surface area (Å²) in [6.45, 7) is 4.65. The third kappa shape index (κ3) is 71.1. The Morgan fingerprint density at radius 2 is 0.693 bits per heavy atom. The molecule has 1 amide bonds. The molecule has 88 heavy (non-hydrogen) atoms. The molecule has 0 bridgehead atoms. The number of aliphatic hydroxyl groups is 1. The van der Waals surface area contributed by atoms with E-state index in [2.05, 4.69) is 104 Å². The van der Waals surface area contributed by atoms with Gasteiger partial charge in [0.2, 0.25) is 5.91 Å². The van der Waals surface area contributed by atoms with Crippen molar-refractivity contribution in [3.8, 4) is 0 Å². The van der Waals surface area contributed by atoms with Crippen LogP contribution < -0.4 is 10.2 Å². The largest absolute Gasteiger partial charge is 0.756 e. The molecule has 0 radical (unpaired) electrons. The van der Waals surface area contributed by atoms with Crippen LogP contribution in [0.2, 0.25) is 0 Å². The minimum atomic E-state index is -4.58. The Balaban J connectivity index is 3.98. The lowest BCUT2D eigenvalue weighted by Gasteiger charge is -2.30. The van der Waals surface area contributed by atoms with Crippen molar-refractivity contribution in [1.29, 1.82) is 0 Å². The van der Waals surface area contributed by atoms with E-state index in [9.17, 15) is 19.4 Å². The van der Waals surface area contributed by atoms with Crippen LogP contribution >= 0.6 is 7.82 Å². The summed E-state index contributed by atoms with van der Waals surface area (Å²) in [6, 6.07) is -0.805. The van der Waals surface area contributed by atoms with Gasteiger partial charge in [-0.05, 0) is 70.6 Å². The van der Waals surface area contributed by atoms with Gasteiger partial charge in [0.15, 0.2) is 0 Å². The van der Waals surface area contributed by atoms with Crippen molar-refractivity contribution in [3.63, 3.8) is 0 Å². The third-order valence-electron chi connectivity index (χ3n) is 17.1. The van der Waals surface area contributed by atoms with Crippen LogP contribution in [0.25, 0.3) is 0 Å². The number of aliphatic hydroxyl groups excluding tert-OH is 1. The molecule has 0 rings (SSSR count). The molecule has 2 N–H and O–H groups in total. The number of carbonyl (C=O) groups excluding carboxylic acids is 1. The molecule has 0 aliphatic rings. The van der Waals surface area contributed by atoms with Gasteiger partial charge in [0.25, 0.3) is 7.82 Å². The van der Waals surface area contributed by atoms with E-state index < -0.39 is 20.0 Å². The van der Waals surface area contributed by atoms with E-state index in [0.29, 0.717) is 23.9 Å². The predicted octanol–water partition coefficient (Wildman–Crippen LogP) is 24.0. The normalized spacial score (nSPS) is 14.0. The third-order valence-corrected chi connectivity index (χ3v) is 18.1. The number of allylic oxidation sites excluding steroid dienone is 14.